The normalized spacial score (nSPS) is 42.4. The third kappa shape index (κ3) is 4.14. The Morgan fingerprint density at radius 2 is 1.72 bits per heavy atom. The maximum absolute atomic E-state index is 14.5. The molecule has 0 heterocycles. The fraction of sp³-hybridized carbons (Fsp3) is 0.758. The quantitative estimate of drug-likeness (QED) is 0.334. The molecular weight excluding hydrogens is 479 g/mol. The molecule has 0 spiro atoms. The molecule has 6 atom stereocenters. The number of aliphatic hydroxyl groups excluding tert-OH is 1. The van der Waals surface area contributed by atoms with Crippen LogP contribution in [0.4, 0.5) is 0 Å². The summed E-state index contributed by atoms with van der Waals surface area (Å²) in [5.41, 5.74) is 0.0367. The van der Waals surface area contributed by atoms with Crippen molar-refractivity contribution in [3.05, 3.63) is 29.2 Å². The van der Waals surface area contributed by atoms with Crippen LogP contribution < -0.4 is 24.2 Å². The molecule has 2 N–H and O–H groups in total. The van der Waals surface area contributed by atoms with Crippen LogP contribution in [-0.2, 0) is 9.59 Å². The molecule has 0 saturated heterocycles. The summed E-state index contributed by atoms with van der Waals surface area (Å²) < 4.78 is 0. The number of rotatable bonds is 4. The second-order valence-corrected chi connectivity index (χ2v) is 15.3. The molecule has 5 aliphatic carbocycles. The van der Waals surface area contributed by atoms with Crippen molar-refractivity contribution in [3.63, 3.8) is 0 Å². The van der Waals surface area contributed by atoms with E-state index in [2.05, 4.69) is 46.0 Å². The Kier molecular flexibility index (Phi) is 7.65. The van der Waals surface area contributed by atoms with E-state index in [0.29, 0.717) is 6.54 Å². The number of fused-ring (bicyclic) bond motifs is 7. The average molecular weight is 527 g/mol. The van der Waals surface area contributed by atoms with Gasteiger partial charge in [-0.05, 0) is 42.2 Å². The van der Waals surface area contributed by atoms with Gasteiger partial charge in [0.15, 0.2) is 5.78 Å². The van der Waals surface area contributed by atoms with Gasteiger partial charge in [-0.25, -0.2) is 0 Å². The maximum atomic E-state index is 14.5. The summed E-state index contributed by atoms with van der Waals surface area (Å²) in [5.74, 6) is 1.56. The second-order valence-electron chi connectivity index (χ2n) is 15.3. The van der Waals surface area contributed by atoms with Crippen molar-refractivity contribution in [2.75, 3.05) is 19.7 Å². The summed E-state index contributed by atoms with van der Waals surface area (Å²) in [5, 5.41) is 22.8. The molecule has 5 rings (SSSR count). The number of nitriles is 1. The smallest absolute Gasteiger partial charge is 0.395 e. The van der Waals surface area contributed by atoms with E-state index >= 15 is 0 Å². The van der Waals surface area contributed by atoms with Gasteiger partial charge >= 0.3 is 18.9 Å². The number of carbonyl (C=O) groups is 2. The molecule has 39 heavy (non-hydrogen) atoms. The number of hydrogen-bond acceptors (Lipinski definition) is 5. The predicted molar refractivity (Wildman–Crippen MR) is 149 cm³/mol. The number of carbonyl (C=O) groups excluding carboxylic acids is 2. The van der Waals surface area contributed by atoms with Crippen molar-refractivity contribution in [2.24, 2.45) is 44.3 Å². The van der Waals surface area contributed by atoms with Crippen molar-refractivity contribution in [1.29, 1.82) is 5.26 Å². The second kappa shape index (κ2) is 9.70. The van der Waals surface area contributed by atoms with E-state index in [1.165, 1.54) is 5.92 Å². The summed E-state index contributed by atoms with van der Waals surface area (Å²) in [6.07, 6.45) is 11.0. The third-order valence-corrected chi connectivity index (χ3v) is 12.4. The summed E-state index contributed by atoms with van der Waals surface area (Å²) in [4.78, 5) is 27.7. The third-order valence-electron chi connectivity index (χ3n) is 12.4. The summed E-state index contributed by atoms with van der Waals surface area (Å²) in [6.45, 7) is 17.2. The van der Waals surface area contributed by atoms with Crippen molar-refractivity contribution >= 4 is 11.6 Å². The van der Waals surface area contributed by atoms with Crippen LogP contribution in [-0.4, -0.2) is 36.4 Å². The van der Waals surface area contributed by atoms with E-state index < -0.39 is 10.8 Å². The van der Waals surface area contributed by atoms with Gasteiger partial charge in [-0.3, -0.25) is 15.5 Å². The Morgan fingerprint density at radius 1 is 1.05 bits per heavy atom. The zero-order valence-corrected chi connectivity index (χ0v) is 25.6. The molecule has 1 unspecified atom stereocenters. The number of allylic oxidation sites excluding steroid dienone is 4. The van der Waals surface area contributed by atoms with Gasteiger partial charge < -0.3 is 10.4 Å². The number of aliphatic hydroxyl groups is 1. The molecule has 0 radical (unpaired) electrons. The Bertz CT molecular complexity index is 1160. The van der Waals surface area contributed by atoms with E-state index in [4.69, 9.17) is 0 Å². The average Bonchev–Trinajstić information content (AvgIpc) is 2.83. The first-order valence-corrected chi connectivity index (χ1v) is 14.7. The van der Waals surface area contributed by atoms with Crippen molar-refractivity contribution in [3.8, 4) is 6.07 Å². The minimum Gasteiger partial charge on any atom is -0.395 e. The minimum atomic E-state index is -0.639. The standard InChI is InChI=1S/C33H47N2O3.Li/c1-28(2)10-12-33(20-35-14-15-36)13-11-32(7)26(22(33)18-28)23(37)16-25-30(5)17-21(19-34)27(38)29(3,4)24(30)8-9-31(25,32)6;/h16-17,24,26,35-36H,8-15,18,20H2,1-7H3;/q-1;+1/t24?,26-,30-,31+,32+,33+;/m0./s1. The van der Waals surface area contributed by atoms with Gasteiger partial charge in [0.1, 0.15) is 11.9 Å². The number of hydrogen-bond donors (Lipinski definition) is 2. The van der Waals surface area contributed by atoms with Gasteiger partial charge in [-0.15, -0.1) is 5.41 Å². The molecule has 0 aromatic carbocycles. The molecule has 5 aliphatic rings. The first kappa shape index (κ1) is 30.8. The Balaban J connectivity index is 0.00000353. The van der Waals surface area contributed by atoms with Crippen molar-refractivity contribution in [1.82, 2.24) is 5.32 Å². The van der Waals surface area contributed by atoms with Crippen molar-refractivity contribution < 1.29 is 33.6 Å². The molecule has 0 aliphatic heterocycles. The fourth-order valence-electron chi connectivity index (χ4n) is 10.1. The molecule has 6 heteroatoms. The zero-order valence-electron chi connectivity index (χ0n) is 25.6. The Morgan fingerprint density at radius 3 is 2.36 bits per heavy atom. The fourth-order valence-corrected chi connectivity index (χ4v) is 10.1. The van der Waals surface area contributed by atoms with Gasteiger partial charge in [0, 0.05) is 17.4 Å². The molecule has 3 fully saturated rings. The number of nitrogens with one attached hydrogen (secondary N) is 1. The van der Waals surface area contributed by atoms with Gasteiger partial charge in [0.2, 0.25) is 0 Å². The maximum Gasteiger partial charge on any atom is 1.00 e. The van der Waals surface area contributed by atoms with Gasteiger partial charge in [0.25, 0.3) is 0 Å². The number of Topliss-reactive ketones (excluding diaryl/α,β-unsaturated/α-hetero) is 1. The van der Waals surface area contributed by atoms with Crippen LogP contribution in [0.25, 0.3) is 0 Å². The SMILES string of the molecule is CC1(C)CC[C@]2(CNCCO)CC[C@]3(C)[C@H](C(=O)C=C4[C@@]5(C)C=C(C#N)C(=O)C(C)(C)C5CC[C@]43C)[C-]2C1.[Li+]. The van der Waals surface area contributed by atoms with E-state index in [1.54, 1.807) is 0 Å². The molecule has 0 amide bonds. The minimum absolute atomic E-state index is 0. The summed E-state index contributed by atoms with van der Waals surface area (Å²) in [6, 6.07) is 2.20. The van der Waals surface area contributed by atoms with Gasteiger partial charge in [-0.2, -0.15) is 11.7 Å². The molecule has 0 bridgehead atoms. The number of nitrogens with zero attached hydrogens (tertiary/aromatic N) is 1. The van der Waals surface area contributed by atoms with Crippen LogP contribution >= 0.6 is 0 Å². The predicted octanol–water partition coefficient (Wildman–Crippen LogP) is 2.75. The Hall–Kier alpha value is -1.17. The zero-order chi connectivity index (χ0) is 27.9. The first-order valence-electron chi connectivity index (χ1n) is 14.7. The van der Waals surface area contributed by atoms with Gasteiger partial charge in [0.05, 0.1) is 12.2 Å². The van der Waals surface area contributed by atoms with Crippen LogP contribution in [0, 0.1) is 61.6 Å². The number of ketones is 2. The van der Waals surface area contributed by atoms with E-state index in [-0.39, 0.29) is 76.1 Å². The topological polar surface area (TPSA) is 90.2 Å². The molecule has 208 valence electrons. The first-order chi connectivity index (χ1) is 17.6. The molecule has 3 saturated carbocycles. The Labute approximate surface area is 247 Å². The van der Waals surface area contributed by atoms with Crippen LogP contribution in [0.2, 0.25) is 0 Å². The molecule has 5 nitrogen and oxygen atoms in total. The van der Waals surface area contributed by atoms with Gasteiger partial charge in [-0.1, -0.05) is 97.1 Å². The molecule has 0 aromatic rings. The van der Waals surface area contributed by atoms with E-state index in [0.717, 1.165) is 57.1 Å². The molecular formula is C33H47LiN2O3. The molecule has 0 aromatic heterocycles. The summed E-state index contributed by atoms with van der Waals surface area (Å²) in [7, 11) is 0. The van der Waals surface area contributed by atoms with E-state index in [9.17, 15) is 20.0 Å². The van der Waals surface area contributed by atoms with E-state index in [1.807, 2.05) is 26.0 Å². The van der Waals surface area contributed by atoms with Crippen LogP contribution in [0.3, 0.4) is 0 Å². The van der Waals surface area contributed by atoms with Crippen LogP contribution in [0.15, 0.2) is 23.3 Å². The summed E-state index contributed by atoms with van der Waals surface area (Å²) >= 11 is 0. The largest absolute Gasteiger partial charge is 1.00 e. The van der Waals surface area contributed by atoms with Crippen LogP contribution in [0.1, 0.15) is 93.4 Å². The van der Waals surface area contributed by atoms with Crippen molar-refractivity contribution in [2.45, 2.75) is 93.4 Å². The van der Waals surface area contributed by atoms with Crippen LogP contribution in [0.5, 0.6) is 0 Å². The monoisotopic (exact) mass is 526 g/mol.